The molecule has 2 atom stereocenters. The molecule has 0 N–H and O–H groups in total. The van der Waals surface area contributed by atoms with Gasteiger partial charge in [0.1, 0.15) is 11.3 Å². The Hall–Kier alpha value is -1.73. The van der Waals surface area contributed by atoms with E-state index in [1.807, 2.05) is 0 Å². The Morgan fingerprint density at radius 2 is 2.33 bits per heavy atom. The molecule has 114 valence electrons. The van der Waals surface area contributed by atoms with E-state index in [1.54, 1.807) is 12.0 Å². The van der Waals surface area contributed by atoms with Crippen LogP contribution in [0.3, 0.4) is 0 Å². The van der Waals surface area contributed by atoms with Crippen LogP contribution < -0.4 is 0 Å². The second-order valence-electron chi connectivity index (χ2n) is 5.08. The van der Waals surface area contributed by atoms with Gasteiger partial charge < -0.3 is 9.64 Å². The third kappa shape index (κ3) is 3.30. The molecular weight excluding hydrogens is 298 g/mol. The fourth-order valence-corrected chi connectivity index (χ4v) is 2.57. The number of piperidine rings is 1. The quantitative estimate of drug-likeness (QED) is 0.485. The Balaban J connectivity index is 2.24. The zero-order valence-corrected chi connectivity index (χ0v) is 12.5. The van der Waals surface area contributed by atoms with Gasteiger partial charge in [0.05, 0.1) is 16.6 Å². The van der Waals surface area contributed by atoms with Gasteiger partial charge in [0.25, 0.3) is 11.6 Å². The van der Waals surface area contributed by atoms with E-state index in [-0.39, 0.29) is 28.4 Å². The van der Waals surface area contributed by atoms with Crippen LogP contribution in [0.15, 0.2) is 12.3 Å². The maximum Gasteiger partial charge on any atom is 0.288 e. The molecule has 7 nitrogen and oxygen atoms in total. The Morgan fingerprint density at radius 3 is 2.95 bits per heavy atom. The fraction of sp³-hybridized carbons (Fsp3) is 0.538. The van der Waals surface area contributed by atoms with Crippen molar-refractivity contribution in [3.8, 4) is 0 Å². The van der Waals surface area contributed by atoms with E-state index in [0.29, 0.717) is 19.0 Å². The molecule has 1 fully saturated rings. The highest BCUT2D eigenvalue weighted by Crippen LogP contribution is 2.25. The molecule has 0 spiro atoms. The number of nitrogens with zero attached hydrogens (tertiary/aromatic N) is 3. The predicted molar refractivity (Wildman–Crippen MR) is 76.4 cm³/mol. The molecule has 0 aliphatic carbocycles. The summed E-state index contributed by atoms with van der Waals surface area (Å²) in [5.41, 5.74) is -0.202. The molecule has 0 radical (unpaired) electrons. The van der Waals surface area contributed by atoms with Crippen molar-refractivity contribution in [1.82, 2.24) is 9.88 Å². The number of likely N-dealkylation sites (tertiary alicyclic amines) is 1. The second-order valence-corrected chi connectivity index (χ2v) is 5.44. The summed E-state index contributed by atoms with van der Waals surface area (Å²) >= 11 is 5.90. The standard InChI is InChI=1S/C13H16ClN3O4/c1-8-3-4-16(7-11(8)21-2)13(18)10-5-9(17(19)20)6-15-12(10)14/h5-6,8,11H,3-4,7H2,1-2H3. The lowest BCUT2D eigenvalue weighted by atomic mass is 9.95. The summed E-state index contributed by atoms with van der Waals surface area (Å²) in [6.45, 7) is 3.08. The number of halogens is 1. The number of carbonyl (C=O) groups excluding carboxylic acids is 1. The summed E-state index contributed by atoms with van der Waals surface area (Å²) in [4.78, 5) is 28.0. The first kappa shape index (κ1) is 15.7. The SMILES string of the molecule is COC1CN(C(=O)c2cc([N+](=O)[O-])cnc2Cl)CCC1C. The Kier molecular flexibility index (Phi) is 4.74. The lowest BCUT2D eigenvalue weighted by Crippen LogP contribution is -2.46. The van der Waals surface area contributed by atoms with Gasteiger partial charge in [0, 0.05) is 26.3 Å². The predicted octanol–water partition coefficient (Wildman–Crippen LogP) is 2.14. The van der Waals surface area contributed by atoms with E-state index >= 15 is 0 Å². The van der Waals surface area contributed by atoms with Gasteiger partial charge in [-0.1, -0.05) is 18.5 Å². The van der Waals surface area contributed by atoms with Crippen LogP contribution in [0.25, 0.3) is 0 Å². The molecule has 1 aromatic heterocycles. The van der Waals surface area contributed by atoms with Gasteiger partial charge in [-0.3, -0.25) is 14.9 Å². The summed E-state index contributed by atoms with van der Waals surface area (Å²) in [5, 5.41) is 10.8. The number of aromatic nitrogens is 1. The molecular formula is C13H16ClN3O4. The number of methoxy groups -OCH3 is 1. The van der Waals surface area contributed by atoms with Crippen LogP contribution in [0.5, 0.6) is 0 Å². The Morgan fingerprint density at radius 1 is 1.62 bits per heavy atom. The first-order chi connectivity index (χ1) is 9.93. The van der Waals surface area contributed by atoms with E-state index in [4.69, 9.17) is 16.3 Å². The van der Waals surface area contributed by atoms with Crippen molar-refractivity contribution < 1.29 is 14.5 Å². The van der Waals surface area contributed by atoms with E-state index in [0.717, 1.165) is 18.7 Å². The number of carbonyl (C=O) groups is 1. The normalized spacial score (nSPS) is 22.1. The highest BCUT2D eigenvalue weighted by atomic mass is 35.5. The maximum absolute atomic E-state index is 12.5. The molecule has 2 heterocycles. The van der Waals surface area contributed by atoms with Gasteiger partial charge in [0.2, 0.25) is 0 Å². The number of nitro groups is 1. The molecule has 2 unspecified atom stereocenters. The molecule has 0 saturated carbocycles. The van der Waals surface area contributed by atoms with Crippen LogP contribution in [0.2, 0.25) is 5.15 Å². The van der Waals surface area contributed by atoms with Crippen molar-refractivity contribution >= 4 is 23.2 Å². The topological polar surface area (TPSA) is 85.6 Å². The van der Waals surface area contributed by atoms with Crippen LogP contribution in [-0.4, -0.2) is 47.0 Å². The number of hydrogen-bond donors (Lipinski definition) is 0. The minimum Gasteiger partial charge on any atom is -0.379 e. The van der Waals surface area contributed by atoms with Crippen molar-refractivity contribution in [2.24, 2.45) is 5.92 Å². The molecule has 1 aliphatic heterocycles. The van der Waals surface area contributed by atoms with Gasteiger partial charge in [-0.05, 0) is 12.3 Å². The summed E-state index contributed by atoms with van der Waals surface area (Å²) < 4.78 is 5.36. The molecule has 1 amide bonds. The Labute approximate surface area is 127 Å². The minimum atomic E-state index is -0.601. The number of hydrogen-bond acceptors (Lipinski definition) is 5. The number of pyridine rings is 1. The van der Waals surface area contributed by atoms with Crippen LogP contribution in [-0.2, 0) is 4.74 Å². The van der Waals surface area contributed by atoms with Gasteiger partial charge in [-0.15, -0.1) is 0 Å². The number of rotatable bonds is 3. The van der Waals surface area contributed by atoms with Crippen molar-refractivity contribution in [3.05, 3.63) is 33.1 Å². The summed E-state index contributed by atoms with van der Waals surface area (Å²) in [6, 6.07) is 1.16. The van der Waals surface area contributed by atoms with Crippen molar-refractivity contribution in [2.45, 2.75) is 19.4 Å². The fourth-order valence-electron chi connectivity index (χ4n) is 2.38. The molecule has 21 heavy (non-hydrogen) atoms. The first-order valence-electron chi connectivity index (χ1n) is 6.56. The molecule has 8 heteroatoms. The number of amides is 1. The van der Waals surface area contributed by atoms with Gasteiger partial charge in [0.15, 0.2) is 0 Å². The van der Waals surface area contributed by atoms with E-state index in [2.05, 4.69) is 11.9 Å². The zero-order valence-electron chi connectivity index (χ0n) is 11.8. The largest absolute Gasteiger partial charge is 0.379 e. The highest BCUT2D eigenvalue weighted by Gasteiger charge is 2.31. The molecule has 0 bridgehead atoms. The van der Waals surface area contributed by atoms with Crippen molar-refractivity contribution in [3.63, 3.8) is 0 Å². The van der Waals surface area contributed by atoms with Crippen LogP contribution in [0.1, 0.15) is 23.7 Å². The minimum absolute atomic E-state index is 0.0295. The Bertz CT molecular complexity index is 566. The first-order valence-corrected chi connectivity index (χ1v) is 6.93. The lowest BCUT2D eigenvalue weighted by molar-refractivity contribution is -0.385. The smallest absolute Gasteiger partial charge is 0.288 e. The lowest BCUT2D eigenvalue weighted by Gasteiger charge is -2.36. The zero-order chi connectivity index (χ0) is 15.6. The van der Waals surface area contributed by atoms with E-state index in [9.17, 15) is 14.9 Å². The molecule has 0 aromatic carbocycles. The third-order valence-corrected chi connectivity index (χ3v) is 4.05. The van der Waals surface area contributed by atoms with E-state index in [1.165, 1.54) is 0 Å². The monoisotopic (exact) mass is 313 g/mol. The molecule has 1 aliphatic rings. The average molecular weight is 314 g/mol. The van der Waals surface area contributed by atoms with E-state index < -0.39 is 4.92 Å². The van der Waals surface area contributed by atoms with Crippen molar-refractivity contribution in [2.75, 3.05) is 20.2 Å². The van der Waals surface area contributed by atoms with Gasteiger partial charge in [-0.25, -0.2) is 4.98 Å². The third-order valence-electron chi connectivity index (χ3n) is 3.75. The molecule has 1 saturated heterocycles. The van der Waals surface area contributed by atoms with Crippen LogP contribution >= 0.6 is 11.6 Å². The second kappa shape index (κ2) is 6.36. The molecule has 2 rings (SSSR count). The van der Waals surface area contributed by atoms with Gasteiger partial charge in [-0.2, -0.15) is 0 Å². The highest BCUT2D eigenvalue weighted by molar-refractivity contribution is 6.32. The summed E-state index contributed by atoms with van der Waals surface area (Å²) in [5.74, 6) is 0.00269. The maximum atomic E-state index is 12.5. The summed E-state index contributed by atoms with van der Waals surface area (Å²) in [7, 11) is 1.61. The summed E-state index contributed by atoms with van der Waals surface area (Å²) in [6.07, 6.45) is 1.80. The van der Waals surface area contributed by atoms with Crippen LogP contribution in [0.4, 0.5) is 5.69 Å². The number of ether oxygens (including phenoxy) is 1. The van der Waals surface area contributed by atoms with Crippen LogP contribution in [0, 0.1) is 16.0 Å². The average Bonchev–Trinajstić information content (AvgIpc) is 2.47. The molecule has 1 aromatic rings. The van der Waals surface area contributed by atoms with Crippen molar-refractivity contribution in [1.29, 1.82) is 0 Å². The van der Waals surface area contributed by atoms with Gasteiger partial charge >= 0.3 is 0 Å².